The van der Waals surface area contributed by atoms with E-state index in [0.29, 0.717) is 16.1 Å². The molecule has 0 aromatic heterocycles. The molecule has 0 atom stereocenters. The van der Waals surface area contributed by atoms with Crippen molar-refractivity contribution in [2.45, 2.75) is 19.8 Å². The molecule has 0 saturated carbocycles. The van der Waals surface area contributed by atoms with Crippen LogP contribution >= 0.6 is 11.6 Å². The van der Waals surface area contributed by atoms with Gasteiger partial charge in [-0.2, -0.15) is 0 Å². The van der Waals surface area contributed by atoms with Crippen LogP contribution < -0.4 is 5.32 Å². The van der Waals surface area contributed by atoms with E-state index in [-0.39, 0.29) is 5.91 Å². The maximum atomic E-state index is 11.4. The van der Waals surface area contributed by atoms with E-state index in [0.717, 1.165) is 18.4 Å². The summed E-state index contributed by atoms with van der Waals surface area (Å²) in [6.45, 7) is 2.04. The predicted octanol–water partition coefficient (Wildman–Crippen LogP) is 2.18. The zero-order valence-electron chi connectivity index (χ0n) is 8.26. The van der Waals surface area contributed by atoms with Crippen molar-refractivity contribution in [2.75, 3.05) is 0 Å². The summed E-state index contributed by atoms with van der Waals surface area (Å²) in [5, 5.41) is 2.64. The topological polar surface area (TPSA) is 46.2 Å². The molecule has 0 unspecified atom stereocenters. The van der Waals surface area contributed by atoms with Crippen molar-refractivity contribution < 1.29 is 9.59 Å². The van der Waals surface area contributed by atoms with Gasteiger partial charge in [0.2, 0.25) is 0 Å². The normalized spacial score (nSPS) is 14.0. The van der Waals surface area contributed by atoms with E-state index in [1.807, 2.05) is 13.0 Å². The van der Waals surface area contributed by atoms with Crippen LogP contribution in [0.15, 0.2) is 12.1 Å². The Morgan fingerprint density at radius 3 is 2.67 bits per heavy atom. The first kappa shape index (κ1) is 10.2. The molecule has 0 aliphatic carbocycles. The number of halogens is 1. The second-order valence-corrected chi connectivity index (χ2v) is 3.87. The molecule has 3 nitrogen and oxygen atoms in total. The quantitative estimate of drug-likeness (QED) is 0.782. The number of carbonyl (C=O) groups is 2. The average molecular weight is 224 g/mol. The van der Waals surface area contributed by atoms with Crippen molar-refractivity contribution in [1.29, 1.82) is 0 Å². The molecule has 1 aliphatic rings. The fourth-order valence-electron chi connectivity index (χ4n) is 1.73. The lowest BCUT2D eigenvalue weighted by Gasteiger charge is -2.05. The van der Waals surface area contributed by atoms with Crippen LogP contribution in [0.1, 0.15) is 39.6 Å². The SMILES string of the molecule is CCCc1ccc2c(c1Cl)C(=O)NC2=O. The minimum atomic E-state index is -0.391. The number of nitrogens with one attached hydrogen (secondary N) is 1. The molecule has 1 aliphatic heterocycles. The predicted molar refractivity (Wildman–Crippen MR) is 57.2 cm³/mol. The van der Waals surface area contributed by atoms with Crippen LogP contribution in [0.4, 0.5) is 0 Å². The van der Waals surface area contributed by atoms with Gasteiger partial charge in [0.05, 0.1) is 16.1 Å². The monoisotopic (exact) mass is 223 g/mol. The first-order valence-corrected chi connectivity index (χ1v) is 5.20. The van der Waals surface area contributed by atoms with Gasteiger partial charge in [-0.05, 0) is 18.1 Å². The molecule has 0 fully saturated rings. The van der Waals surface area contributed by atoms with E-state index >= 15 is 0 Å². The molecule has 0 radical (unpaired) electrons. The number of fused-ring (bicyclic) bond motifs is 1. The summed E-state index contributed by atoms with van der Waals surface area (Å²) in [6.07, 6.45) is 1.77. The molecule has 0 spiro atoms. The van der Waals surface area contributed by atoms with Crippen molar-refractivity contribution >= 4 is 23.4 Å². The molecule has 1 N–H and O–H groups in total. The number of rotatable bonds is 2. The van der Waals surface area contributed by atoms with Crippen LogP contribution in [0.25, 0.3) is 0 Å². The summed E-state index contributed by atoms with van der Waals surface area (Å²) < 4.78 is 0. The molecule has 78 valence electrons. The zero-order valence-corrected chi connectivity index (χ0v) is 9.02. The number of benzene rings is 1. The molecule has 15 heavy (non-hydrogen) atoms. The van der Waals surface area contributed by atoms with E-state index in [9.17, 15) is 9.59 Å². The minimum absolute atomic E-state index is 0.326. The lowest BCUT2D eigenvalue weighted by atomic mass is 10.0. The standard InChI is InChI=1S/C11H10ClNO2/c1-2-3-6-4-5-7-8(9(6)12)11(15)13-10(7)14/h4-5H,2-3H2,1H3,(H,13,14,15). The highest BCUT2D eigenvalue weighted by molar-refractivity contribution is 6.38. The molecule has 1 aromatic carbocycles. The number of aryl methyl sites for hydroxylation is 1. The molecule has 4 heteroatoms. The Kier molecular flexibility index (Phi) is 2.49. The van der Waals surface area contributed by atoms with Gasteiger partial charge in [0.1, 0.15) is 0 Å². The van der Waals surface area contributed by atoms with Crippen molar-refractivity contribution in [3.05, 3.63) is 33.8 Å². The van der Waals surface area contributed by atoms with Crippen molar-refractivity contribution in [2.24, 2.45) is 0 Å². The number of hydrogen-bond acceptors (Lipinski definition) is 2. The van der Waals surface area contributed by atoms with Gasteiger partial charge >= 0.3 is 0 Å². The van der Waals surface area contributed by atoms with Crippen LogP contribution in [0, 0.1) is 0 Å². The Bertz CT molecular complexity index is 454. The molecule has 0 bridgehead atoms. The van der Waals surface area contributed by atoms with Crippen molar-refractivity contribution in [3.63, 3.8) is 0 Å². The maximum absolute atomic E-state index is 11.4. The first-order chi connectivity index (χ1) is 7.15. The lowest BCUT2D eigenvalue weighted by Crippen LogP contribution is -2.20. The third-order valence-corrected chi connectivity index (χ3v) is 2.87. The van der Waals surface area contributed by atoms with Gasteiger partial charge in [0, 0.05) is 0 Å². The van der Waals surface area contributed by atoms with Gasteiger partial charge in [-0.25, -0.2) is 0 Å². The molecule has 1 aromatic rings. The largest absolute Gasteiger partial charge is 0.288 e. The van der Waals surface area contributed by atoms with Crippen LogP contribution in [0.2, 0.25) is 5.02 Å². The Labute approximate surface area is 92.4 Å². The van der Waals surface area contributed by atoms with E-state index in [1.54, 1.807) is 6.07 Å². The molecule has 1 heterocycles. The average Bonchev–Trinajstić information content (AvgIpc) is 2.47. The Morgan fingerprint density at radius 2 is 2.00 bits per heavy atom. The second-order valence-electron chi connectivity index (χ2n) is 3.49. The van der Waals surface area contributed by atoms with Crippen molar-refractivity contribution in [3.8, 4) is 0 Å². The zero-order chi connectivity index (χ0) is 11.0. The molecular formula is C11H10ClNO2. The number of carbonyl (C=O) groups excluding carboxylic acids is 2. The van der Waals surface area contributed by atoms with Crippen molar-refractivity contribution in [1.82, 2.24) is 5.32 Å². The fraction of sp³-hybridized carbons (Fsp3) is 0.273. The second kappa shape index (κ2) is 3.66. The third-order valence-electron chi connectivity index (χ3n) is 2.44. The van der Waals surface area contributed by atoms with E-state index in [1.165, 1.54) is 0 Å². The summed E-state index contributed by atoms with van der Waals surface area (Å²) in [7, 11) is 0. The van der Waals surface area contributed by atoms with Gasteiger partial charge in [-0.3, -0.25) is 14.9 Å². The highest BCUT2D eigenvalue weighted by atomic mass is 35.5. The van der Waals surface area contributed by atoms with Gasteiger partial charge in [-0.15, -0.1) is 0 Å². The van der Waals surface area contributed by atoms with Crippen LogP contribution in [0.5, 0.6) is 0 Å². The smallest absolute Gasteiger partial charge is 0.260 e. The summed E-state index contributed by atoms with van der Waals surface area (Å²) in [5.74, 6) is -0.752. The summed E-state index contributed by atoms with van der Waals surface area (Å²) >= 11 is 6.08. The van der Waals surface area contributed by atoms with E-state index < -0.39 is 5.91 Å². The number of hydrogen-bond donors (Lipinski definition) is 1. The highest BCUT2D eigenvalue weighted by Gasteiger charge is 2.29. The molecule has 0 saturated heterocycles. The first-order valence-electron chi connectivity index (χ1n) is 4.82. The Hall–Kier alpha value is -1.35. The highest BCUT2D eigenvalue weighted by Crippen LogP contribution is 2.28. The summed E-state index contributed by atoms with van der Waals surface area (Å²) in [5.41, 5.74) is 1.63. The van der Waals surface area contributed by atoms with Crippen LogP contribution in [-0.4, -0.2) is 11.8 Å². The van der Waals surface area contributed by atoms with Gasteiger partial charge in [0.15, 0.2) is 0 Å². The van der Waals surface area contributed by atoms with Crippen LogP contribution in [0.3, 0.4) is 0 Å². The van der Waals surface area contributed by atoms with Gasteiger partial charge in [0.25, 0.3) is 11.8 Å². The number of imide groups is 1. The van der Waals surface area contributed by atoms with Gasteiger partial charge in [-0.1, -0.05) is 31.0 Å². The Balaban J connectivity index is 2.58. The van der Waals surface area contributed by atoms with Gasteiger partial charge < -0.3 is 0 Å². The molecule has 2 rings (SSSR count). The summed E-state index contributed by atoms with van der Waals surface area (Å²) in [4.78, 5) is 22.7. The Morgan fingerprint density at radius 1 is 1.27 bits per heavy atom. The molecular weight excluding hydrogens is 214 g/mol. The fourth-order valence-corrected chi connectivity index (χ4v) is 2.07. The lowest BCUT2D eigenvalue weighted by molar-refractivity contribution is 0.0879. The third kappa shape index (κ3) is 1.53. The maximum Gasteiger partial charge on any atom is 0.260 e. The van der Waals surface area contributed by atoms with Crippen LogP contribution in [-0.2, 0) is 6.42 Å². The summed E-state index contributed by atoms with van der Waals surface area (Å²) in [6, 6.07) is 3.47. The van der Waals surface area contributed by atoms with E-state index in [2.05, 4.69) is 5.32 Å². The molecule has 2 amide bonds. The number of amides is 2. The van der Waals surface area contributed by atoms with E-state index in [4.69, 9.17) is 11.6 Å². The minimum Gasteiger partial charge on any atom is -0.288 e.